The average molecular weight is 228 g/mol. The van der Waals surface area contributed by atoms with Crippen molar-refractivity contribution in [2.45, 2.75) is 25.7 Å². The number of carbonyl (C=O) groups is 1. The zero-order chi connectivity index (χ0) is 11.8. The Hall–Kier alpha value is -0.610. The molecule has 1 rings (SSSR count). The number of nitrogens with one attached hydrogen (secondary N) is 1. The lowest BCUT2D eigenvalue weighted by atomic mass is 10.1. The Bertz CT molecular complexity index is 203. The molecule has 0 heterocycles. The quantitative estimate of drug-likeness (QED) is 0.657. The maximum Gasteiger partial charge on any atom is 0.236 e. The number of hydrogen-bond donors (Lipinski definition) is 1. The Morgan fingerprint density at radius 2 is 2.12 bits per heavy atom. The van der Waals surface area contributed by atoms with Crippen molar-refractivity contribution < 1.29 is 9.53 Å². The molecule has 4 heteroatoms. The van der Waals surface area contributed by atoms with Crippen molar-refractivity contribution in [3.63, 3.8) is 0 Å². The summed E-state index contributed by atoms with van der Waals surface area (Å²) in [6.07, 6.45) is 5.24. The second kappa shape index (κ2) is 7.63. The molecule has 0 unspecified atom stereocenters. The second-order valence-corrected chi connectivity index (χ2v) is 4.59. The third-order valence-corrected chi connectivity index (χ3v) is 3.19. The molecular formula is C12H24N2O2. The van der Waals surface area contributed by atoms with Crippen molar-refractivity contribution in [3.05, 3.63) is 0 Å². The third-order valence-electron chi connectivity index (χ3n) is 3.19. The van der Waals surface area contributed by atoms with Crippen LogP contribution in [-0.2, 0) is 9.53 Å². The number of methoxy groups -OCH3 is 1. The van der Waals surface area contributed by atoms with Crippen LogP contribution in [0.25, 0.3) is 0 Å². The Labute approximate surface area is 98.3 Å². The Morgan fingerprint density at radius 3 is 2.75 bits per heavy atom. The largest absolute Gasteiger partial charge is 0.383 e. The van der Waals surface area contributed by atoms with Crippen LogP contribution in [0.5, 0.6) is 0 Å². The Morgan fingerprint density at radius 1 is 1.44 bits per heavy atom. The zero-order valence-electron chi connectivity index (χ0n) is 10.5. The molecule has 1 N–H and O–H groups in total. The van der Waals surface area contributed by atoms with Gasteiger partial charge < -0.3 is 15.0 Å². The highest BCUT2D eigenvalue weighted by Gasteiger charge is 2.18. The fourth-order valence-electron chi connectivity index (χ4n) is 2.19. The third kappa shape index (κ3) is 4.94. The molecule has 16 heavy (non-hydrogen) atoms. The van der Waals surface area contributed by atoms with E-state index in [1.165, 1.54) is 25.7 Å². The van der Waals surface area contributed by atoms with Crippen molar-refractivity contribution in [3.8, 4) is 0 Å². The molecule has 0 aromatic heterocycles. The Balaban J connectivity index is 2.09. The van der Waals surface area contributed by atoms with E-state index in [0.717, 1.165) is 19.0 Å². The topological polar surface area (TPSA) is 41.6 Å². The molecule has 0 bridgehead atoms. The average Bonchev–Trinajstić information content (AvgIpc) is 2.76. The summed E-state index contributed by atoms with van der Waals surface area (Å²) in [6.45, 7) is 2.73. The number of hydrogen-bond acceptors (Lipinski definition) is 3. The van der Waals surface area contributed by atoms with E-state index in [1.54, 1.807) is 7.11 Å². The number of rotatable bonds is 7. The summed E-state index contributed by atoms with van der Waals surface area (Å²) in [5.74, 6) is 0.913. The highest BCUT2D eigenvalue weighted by atomic mass is 16.5. The molecule has 1 aliphatic carbocycles. The molecule has 0 atom stereocenters. The summed E-state index contributed by atoms with van der Waals surface area (Å²) < 4.78 is 4.90. The van der Waals surface area contributed by atoms with Gasteiger partial charge in [-0.1, -0.05) is 12.8 Å². The van der Waals surface area contributed by atoms with Crippen LogP contribution in [0, 0.1) is 5.92 Å². The first-order valence-corrected chi connectivity index (χ1v) is 6.17. The maximum absolute atomic E-state index is 11.7. The lowest BCUT2D eigenvalue weighted by molar-refractivity contribution is -0.129. The van der Waals surface area contributed by atoms with Gasteiger partial charge in [-0.3, -0.25) is 4.79 Å². The summed E-state index contributed by atoms with van der Waals surface area (Å²) in [6, 6.07) is 0. The molecule has 1 fully saturated rings. The normalized spacial score (nSPS) is 16.6. The van der Waals surface area contributed by atoms with Crippen LogP contribution in [0.3, 0.4) is 0 Å². The molecule has 1 saturated carbocycles. The van der Waals surface area contributed by atoms with Gasteiger partial charge in [0.15, 0.2) is 0 Å². The first kappa shape index (κ1) is 13.5. The van der Waals surface area contributed by atoms with Crippen molar-refractivity contribution in [2.24, 2.45) is 5.92 Å². The van der Waals surface area contributed by atoms with Crippen molar-refractivity contribution in [2.75, 3.05) is 40.4 Å². The van der Waals surface area contributed by atoms with Crippen molar-refractivity contribution >= 4 is 5.91 Å². The number of likely N-dealkylation sites (N-methyl/N-ethyl adjacent to an activating group) is 1. The molecule has 94 valence electrons. The van der Waals surface area contributed by atoms with Crippen molar-refractivity contribution in [1.29, 1.82) is 0 Å². The Kier molecular flexibility index (Phi) is 6.42. The smallest absolute Gasteiger partial charge is 0.236 e. The molecule has 0 radical (unpaired) electrons. The first-order valence-electron chi connectivity index (χ1n) is 6.17. The van der Waals surface area contributed by atoms with Gasteiger partial charge in [-0.2, -0.15) is 0 Å². The minimum absolute atomic E-state index is 0.183. The summed E-state index contributed by atoms with van der Waals surface area (Å²) in [7, 11) is 3.56. The monoisotopic (exact) mass is 228 g/mol. The predicted octanol–water partition coefficient (Wildman–Crippen LogP) is 0.871. The standard InChI is InChI=1S/C12H24N2O2/c1-14(10-11-5-3-4-6-11)12(15)9-13-7-8-16-2/h11,13H,3-10H2,1-2H3. The van der Waals surface area contributed by atoms with Crippen LogP contribution in [-0.4, -0.2) is 51.2 Å². The lowest BCUT2D eigenvalue weighted by Crippen LogP contribution is -2.38. The molecule has 1 aliphatic rings. The van der Waals surface area contributed by atoms with E-state index >= 15 is 0 Å². The number of nitrogens with zero attached hydrogens (tertiary/aromatic N) is 1. The summed E-state index contributed by atoms with van der Waals surface area (Å²) in [5, 5.41) is 3.08. The van der Waals surface area contributed by atoms with Crippen molar-refractivity contribution in [1.82, 2.24) is 10.2 Å². The van der Waals surface area contributed by atoms with E-state index < -0.39 is 0 Å². The van der Waals surface area contributed by atoms with Crippen LogP contribution in [0.4, 0.5) is 0 Å². The molecule has 4 nitrogen and oxygen atoms in total. The van der Waals surface area contributed by atoms with E-state index in [4.69, 9.17) is 4.74 Å². The van der Waals surface area contributed by atoms with Crippen LogP contribution in [0.1, 0.15) is 25.7 Å². The van der Waals surface area contributed by atoms with Gasteiger partial charge in [0.2, 0.25) is 5.91 Å². The molecule has 1 amide bonds. The SMILES string of the molecule is COCCNCC(=O)N(C)CC1CCCC1. The van der Waals surface area contributed by atoms with Gasteiger partial charge in [0.05, 0.1) is 13.2 Å². The van der Waals surface area contributed by atoms with Gasteiger partial charge in [-0.15, -0.1) is 0 Å². The summed E-state index contributed by atoms with van der Waals surface area (Å²) in [5.41, 5.74) is 0. The summed E-state index contributed by atoms with van der Waals surface area (Å²) >= 11 is 0. The van der Waals surface area contributed by atoms with E-state index in [0.29, 0.717) is 13.2 Å². The highest BCUT2D eigenvalue weighted by Crippen LogP contribution is 2.24. The second-order valence-electron chi connectivity index (χ2n) is 4.59. The first-order chi connectivity index (χ1) is 7.74. The van der Waals surface area contributed by atoms with Gasteiger partial charge in [0, 0.05) is 27.2 Å². The van der Waals surface area contributed by atoms with Gasteiger partial charge in [-0.05, 0) is 18.8 Å². The van der Waals surface area contributed by atoms with Gasteiger partial charge in [0.1, 0.15) is 0 Å². The predicted molar refractivity (Wildman–Crippen MR) is 64.3 cm³/mol. The molecule has 0 spiro atoms. The van der Waals surface area contributed by atoms with Crippen LogP contribution < -0.4 is 5.32 Å². The maximum atomic E-state index is 11.7. The van der Waals surface area contributed by atoms with Gasteiger partial charge in [0.25, 0.3) is 0 Å². The van der Waals surface area contributed by atoms with Crippen LogP contribution in [0.2, 0.25) is 0 Å². The number of ether oxygens (including phenoxy) is 1. The highest BCUT2D eigenvalue weighted by molar-refractivity contribution is 5.77. The number of amides is 1. The van der Waals surface area contributed by atoms with E-state index in [-0.39, 0.29) is 5.91 Å². The van der Waals surface area contributed by atoms with Crippen LogP contribution in [0.15, 0.2) is 0 Å². The molecule has 0 aromatic carbocycles. The molecule has 0 aliphatic heterocycles. The fraction of sp³-hybridized carbons (Fsp3) is 0.917. The van der Waals surface area contributed by atoms with Gasteiger partial charge >= 0.3 is 0 Å². The van der Waals surface area contributed by atoms with Crippen LogP contribution >= 0.6 is 0 Å². The number of carbonyl (C=O) groups excluding carboxylic acids is 1. The lowest BCUT2D eigenvalue weighted by Gasteiger charge is -2.21. The minimum atomic E-state index is 0.183. The van der Waals surface area contributed by atoms with Gasteiger partial charge in [-0.25, -0.2) is 0 Å². The summed E-state index contributed by atoms with van der Waals surface area (Å²) in [4.78, 5) is 13.6. The van der Waals surface area contributed by atoms with E-state index in [9.17, 15) is 4.79 Å². The zero-order valence-corrected chi connectivity index (χ0v) is 10.5. The molecule has 0 saturated heterocycles. The molecule has 0 aromatic rings. The fourth-order valence-corrected chi connectivity index (χ4v) is 2.19. The van der Waals surface area contributed by atoms with E-state index in [2.05, 4.69) is 5.32 Å². The van der Waals surface area contributed by atoms with E-state index in [1.807, 2.05) is 11.9 Å². The molecular weight excluding hydrogens is 204 g/mol. The minimum Gasteiger partial charge on any atom is -0.383 e.